The summed E-state index contributed by atoms with van der Waals surface area (Å²) in [7, 11) is 0. The fourth-order valence-corrected chi connectivity index (χ4v) is 3.09. The van der Waals surface area contributed by atoms with E-state index in [1.807, 2.05) is 6.07 Å². The second kappa shape index (κ2) is 9.94. The first-order valence-electron chi connectivity index (χ1n) is 9.24. The lowest BCUT2D eigenvalue weighted by atomic mass is 10.1. The van der Waals surface area contributed by atoms with Crippen LogP contribution in [0.5, 0.6) is 0 Å². The summed E-state index contributed by atoms with van der Waals surface area (Å²) < 4.78 is 5.37. The average molecular weight is 468 g/mol. The van der Waals surface area contributed by atoms with E-state index in [-0.39, 0.29) is 24.0 Å². The third kappa shape index (κ3) is 5.46. The van der Waals surface area contributed by atoms with Crippen LogP contribution in [0, 0.1) is 0 Å². The maximum Gasteiger partial charge on any atom is 0.191 e. The molecule has 0 fully saturated rings. The third-order valence-electron chi connectivity index (χ3n) is 4.53. The minimum atomic E-state index is 0. The Labute approximate surface area is 173 Å². The van der Waals surface area contributed by atoms with Crippen molar-refractivity contribution in [1.29, 1.82) is 0 Å². The molecule has 1 aromatic carbocycles. The lowest BCUT2D eigenvalue weighted by Crippen LogP contribution is -2.36. The van der Waals surface area contributed by atoms with Crippen LogP contribution in [0.1, 0.15) is 61.3 Å². The van der Waals surface area contributed by atoms with Crippen molar-refractivity contribution in [3.05, 3.63) is 52.4 Å². The van der Waals surface area contributed by atoms with E-state index in [0.717, 1.165) is 24.0 Å². The Morgan fingerprint density at radius 2 is 2.00 bits per heavy atom. The summed E-state index contributed by atoms with van der Waals surface area (Å²) in [5, 5.41) is 10.7. The van der Waals surface area contributed by atoms with Gasteiger partial charge >= 0.3 is 0 Å². The molecule has 0 amide bonds. The largest absolute Gasteiger partial charge is 0.359 e. The quantitative estimate of drug-likeness (QED) is 0.380. The first-order valence-corrected chi connectivity index (χ1v) is 9.24. The van der Waals surface area contributed by atoms with Crippen LogP contribution in [0.4, 0.5) is 0 Å². The smallest absolute Gasteiger partial charge is 0.191 e. The monoisotopic (exact) mass is 468 g/mol. The number of hydrogen-bond acceptors (Lipinski definition) is 3. The van der Waals surface area contributed by atoms with Gasteiger partial charge in [-0.1, -0.05) is 37.2 Å². The number of hydrogen-bond donors (Lipinski definition) is 2. The van der Waals surface area contributed by atoms with Crippen molar-refractivity contribution in [2.75, 3.05) is 6.54 Å². The van der Waals surface area contributed by atoms with Crippen LogP contribution in [0.25, 0.3) is 0 Å². The predicted molar refractivity (Wildman–Crippen MR) is 116 cm³/mol. The number of fused-ring (bicyclic) bond motifs is 1. The fraction of sp³-hybridized carbons (Fsp3) is 0.500. The molecule has 0 unspecified atom stereocenters. The van der Waals surface area contributed by atoms with Crippen molar-refractivity contribution in [3.63, 3.8) is 0 Å². The molecule has 0 spiro atoms. The first kappa shape index (κ1) is 20.7. The molecule has 1 aliphatic rings. The Bertz CT molecular complexity index is 739. The Kier molecular flexibility index (Phi) is 7.93. The Balaban J connectivity index is 0.00000243. The molecule has 0 aliphatic heterocycles. The molecule has 2 N–H and O–H groups in total. The zero-order chi connectivity index (χ0) is 17.6. The van der Waals surface area contributed by atoms with Gasteiger partial charge in [-0.25, -0.2) is 4.99 Å². The number of nitrogens with one attached hydrogen (secondary N) is 2. The van der Waals surface area contributed by atoms with Gasteiger partial charge in [0.2, 0.25) is 0 Å². The van der Waals surface area contributed by atoms with Gasteiger partial charge in [-0.3, -0.25) is 0 Å². The maximum absolute atomic E-state index is 5.37. The molecule has 6 heteroatoms. The van der Waals surface area contributed by atoms with Crippen LogP contribution >= 0.6 is 24.0 Å². The van der Waals surface area contributed by atoms with Gasteiger partial charge in [0.1, 0.15) is 0 Å². The Hall–Kier alpha value is -1.57. The summed E-state index contributed by atoms with van der Waals surface area (Å²) in [5.74, 6) is 2.00. The molecule has 3 rings (SSSR count). The normalized spacial score (nSPS) is 13.5. The summed E-state index contributed by atoms with van der Waals surface area (Å²) in [6, 6.07) is 8.76. The van der Waals surface area contributed by atoms with Gasteiger partial charge in [0.15, 0.2) is 11.7 Å². The number of aliphatic imine (C=N–C) groups is 1. The van der Waals surface area contributed by atoms with Crippen molar-refractivity contribution in [2.45, 2.75) is 59.0 Å². The second-order valence-corrected chi connectivity index (χ2v) is 6.88. The number of benzene rings is 1. The summed E-state index contributed by atoms with van der Waals surface area (Å²) in [4.78, 5) is 4.70. The summed E-state index contributed by atoms with van der Waals surface area (Å²) in [6.45, 7) is 8.36. The maximum atomic E-state index is 5.37. The summed E-state index contributed by atoms with van der Waals surface area (Å²) in [5.41, 5.74) is 5.24. The van der Waals surface area contributed by atoms with Crippen LogP contribution < -0.4 is 10.6 Å². The molecular weight excluding hydrogens is 439 g/mol. The highest BCUT2D eigenvalue weighted by Crippen LogP contribution is 2.23. The molecule has 0 radical (unpaired) electrons. The van der Waals surface area contributed by atoms with Gasteiger partial charge in [0.25, 0.3) is 0 Å². The number of aryl methyl sites for hydroxylation is 2. The summed E-state index contributed by atoms with van der Waals surface area (Å²) >= 11 is 0. The van der Waals surface area contributed by atoms with Crippen LogP contribution in [0.15, 0.2) is 33.8 Å². The molecule has 1 aliphatic carbocycles. The van der Waals surface area contributed by atoms with Gasteiger partial charge in [0.05, 0.1) is 18.8 Å². The minimum Gasteiger partial charge on any atom is -0.359 e. The molecule has 5 nitrogen and oxygen atoms in total. The molecule has 0 atom stereocenters. The number of halogens is 1. The van der Waals surface area contributed by atoms with E-state index in [2.05, 4.69) is 54.8 Å². The molecule has 0 bridgehead atoms. The van der Waals surface area contributed by atoms with E-state index in [9.17, 15) is 0 Å². The molecule has 2 aromatic rings. The SMILES string of the molecule is CCNC(=NCc1ccc2c(c1)CCC2)NCc1cc(C(C)C)no1.I. The average Bonchev–Trinajstić information content (AvgIpc) is 3.25. The van der Waals surface area contributed by atoms with Crippen molar-refractivity contribution in [2.24, 2.45) is 4.99 Å². The van der Waals surface area contributed by atoms with E-state index >= 15 is 0 Å². The zero-order valence-corrected chi connectivity index (χ0v) is 18.2. The zero-order valence-electron chi connectivity index (χ0n) is 15.8. The molecule has 0 saturated heterocycles. The van der Waals surface area contributed by atoms with Gasteiger partial charge in [0, 0.05) is 12.6 Å². The lowest BCUT2D eigenvalue weighted by molar-refractivity contribution is 0.372. The predicted octanol–water partition coefficient (Wildman–Crippen LogP) is 4.16. The number of guanidine groups is 1. The van der Waals surface area contributed by atoms with Crippen LogP contribution in [0.2, 0.25) is 0 Å². The fourth-order valence-electron chi connectivity index (χ4n) is 3.09. The Morgan fingerprint density at radius 3 is 2.73 bits per heavy atom. The van der Waals surface area contributed by atoms with Crippen molar-refractivity contribution >= 4 is 29.9 Å². The van der Waals surface area contributed by atoms with Crippen LogP contribution in [-0.4, -0.2) is 17.7 Å². The van der Waals surface area contributed by atoms with Crippen molar-refractivity contribution < 1.29 is 4.52 Å². The number of rotatable bonds is 6. The van der Waals surface area contributed by atoms with E-state index in [0.29, 0.717) is 19.0 Å². The molecule has 1 heterocycles. The molecule has 1 aromatic heterocycles. The lowest BCUT2D eigenvalue weighted by Gasteiger charge is -2.10. The van der Waals surface area contributed by atoms with Crippen molar-refractivity contribution in [1.82, 2.24) is 15.8 Å². The standard InChI is InChI=1S/C20H28N4O.HI/c1-4-21-20(23-13-18-11-19(14(2)3)24-25-18)22-12-15-8-9-16-6-5-7-17(16)10-15;/h8-11,14H,4-7,12-13H2,1-3H3,(H2,21,22,23);1H. The molecular formula is C20H29IN4O. The molecule has 26 heavy (non-hydrogen) atoms. The van der Waals surface area contributed by atoms with Crippen LogP contribution in [0.3, 0.4) is 0 Å². The minimum absolute atomic E-state index is 0. The molecule has 142 valence electrons. The highest BCUT2D eigenvalue weighted by Gasteiger charge is 2.11. The van der Waals surface area contributed by atoms with E-state index in [4.69, 9.17) is 9.52 Å². The van der Waals surface area contributed by atoms with Crippen molar-refractivity contribution in [3.8, 4) is 0 Å². The van der Waals surface area contributed by atoms with E-state index in [1.54, 1.807) is 0 Å². The first-order chi connectivity index (χ1) is 12.2. The van der Waals surface area contributed by atoms with Gasteiger partial charge < -0.3 is 15.2 Å². The van der Waals surface area contributed by atoms with Gasteiger partial charge in [-0.2, -0.15) is 0 Å². The molecule has 0 saturated carbocycles. The third-order valence-corrected chi connectivity index (χ3v) is 4.53. The summed E-state index contributed by atoms with van der Waals surface area (Å²) in [6.07, 6.45) is 3.70. The Morgan fingerprint density at radius 1 is 1.19 bits per heavy atom. The van der Waals surface area contributed by atoms with Gasteiger partial charge in [-0.15, -0.1) is 24.0 Å². The topological polar surface area (TPSA) is 62.5 Å². The van der Waals surface area contributed by atoms with Gasteiger partial charge in [-0.05, 0) is 48.8 Å². The highest BCUT2D eigenvalue weighted by molar-refractivity contribution is 14.0. The number of nitrogens with zero attached hydrogens (tertiary/aromatic N) is 2. The van der Waals surface area contributed by atoms with Crippen LogP contribution in [-0.2, 0) is 25.9 Å². The number of aromatic nitrogens is 1. The van der Waals surface area contributed by atoms with E-state index < -0.39 is 0 Å². The van der Waals surface area contributed by atoms with E-state index in [1.165, 1.54) is 36.0 Å². The highest BCUT2D eigenvalue weighted by atomic mass is 127. The second-order valence-electron chi connectivity index (χ2n) is 6.88.